The lowest BCUT2D eigenvalue weighted by Gasteiger charge is -2.06. The van der Waals surface area contributed by atoms with Crippen LogP contribution in [-0.4, -0.2) is 41.2 Å². The van der Waals surface area contributed by atoms with Gasteiger partial charge in [-0.3, -0.25) is 14.9 Å². The number of alkyl halides is 3. The first-order valence-electron chi connectivity index (χ1n) is 6.13. The monoisotopic (exact) mass is 348 g/mol. The van der Waals surface area contributed by atoms with Crippen molar-refractivity contribution in [2.45, 2.75) is 6.18 Å². The predicted octanol–water partition coefficient (Wildman–Crippen LogP) is 1.75. The van der Waals surface area contributed by atoms with Gasteiger partial charge in [0.1, 0.15) is 18.9 Å². The van der Waals surface area contributed by atoms with Crippen LogP contribution in [0, 0.1) is 0 Å². The Morgan fingerprint density at radius 1 is 1.43 bits per heavy atom. The normalized spacial score (nSPS) is 11.4. The van der Waals surface area contributed by atoms with Gasteiger partial charge in [0.25, 0.3) is 11.8 Å². The number of nitrogens with two attached hydrogens (primary N) is 1. The first-order valence-corrected chi connectivity index (χ1v) is 7.01. The molecule has 0 aliphatic carbocycles. The summed E-state index contributed by atoms with van der Waals surface area (Å²) in [6.07, 6.45) is -2.96. The maximum absolute atomic E-state index is 11.9. The number of hydrogen-bond donors (Lipinski definition) is 3. The number of carbonyl (C=O) groups is 2. The molecule has 0 saturated carbocycles. The van der Waals surface area contributed by atoms with Gasteiger partial charge >= 0.3 is 6.18 Å². The van der Waals surface area contributed by atoms with Crippen LogP contribution in [-0.2, 0) is 9.53 Å². The Kier molecular flexibility index (Phi) is 5.01. The van der Waals surface area contributed by atoms with E-state index in [2.05, 4.69) is 20.0 Å². The topological polar surface area (TPSA) is 110 Å². The molecule has 2 rings (SSSR count). The predicted molar refractivity (Wildman–Crippen MR) is 75.9 cm³/mol. The summed E-state index contributed by atoms with van der Waals surface area (Å²) in [7, 11) is 0. The highest BCUT2D eigenvalue weighted by Gasteiger charge is 2.27. The van der Waals surface area contributed by atoms with Crippen molar-refractivity contribution < 1.29 is 27.5 Å². The van der Waals surface area contributed by atoms with E-state index in [9.17, 15) is 22.8 Å². The average Bonchev–Trinajstić information content (AvgIpc) is 3.04. The smallest absolute Gasteiger partial charge is 0.364 e. The summed E-state index contributed by atoms with van der Waals surface area (Å²) in [6, 6.07) is 1.50. The number of hydrogen-bond acceptors (Lipinski definition) is 5. The van der Waals surface area contributed by atoms with Crippen LogP contribution in [0.2, 0.25) is 0 Å². The highest BCUT2D eigenvalue weighted by Crippen LogP contribution is 2.25. The van der Waals surface area contributed by atoms with Crippen LogP contribution >= 0.6 is 11.3 Å². The van der Waals surface area contributed by atoms with Crippen LogP contribution in [0.1, 0.15) is 10.5 Å². The highest BCUT2D eigenvalue weighted by atomic mass is 32.1. The van der Waals surface area contributed by atoms with Crippen LogP contribution in [0.5, 0.6) is 0 Å². The average molecular weight is 348 g/mol. The molecule has 124 valence electrons. The minimum absolute atomic E-state index is 0.197. The van der Waals surface area contributed by atoms with Gasteiger partial charge in [-0.2, -0.15) is 13.2 Å². The van der Waals surface area contributed by atoms with Crippen molar-refractivity contribution in [1.29, 1.82) is 0 Å². The third kappa shape index (κ3) is 5.07. The molecule has 0 radical (unpaired) electrons. The molecule has 2 aromatic heterocycles. The van der Waals surface area contributed by atoms with Crippen molar-refractivity contribution in [3.8, 4) is 11.3 Å². The van der Waals surface area contributed by atoms with Gasteiger partial charge in [0.15, 0.2) is 5.13 Å². The zero-order valence-electron chi connectivity index (χ0n) is 11.4. The second-order valence-electron chi connectivity index (χ2n) is 4.36. The maximum Gasteiger partial charge on any atom is 0.411 e. The van der Waals surface area contributed by atoms with Crippen molar-refractivity contribution in [2.24, 2.45) is 5.73 Å². The lowest BCUT2D eigenvalue weighted by atomic mass is 10.2. The number of anilines is 1. The van der Waals surface area contributed by atoms with Crippen molar-refractivity contribution in [3.05, 3.63) is 23.3 Å². The van der Waals surface area contributed by atoms with Crippen molar-refractivity contribution in [3.63, 3.8) is 0 Å². The largest absolute Gasteiger partial charge is 0.411 e. The molecule has 11 heteroatoms. The third-order valence-corrected chi connectivity index (χ3v) is 3.25. The van der Waals surface area contributed by atoms with Gasteiger partial charge in [-0.05, 0) is 6.07 Å². The SMILES string of the molecule is NC(=O)c1cc(-c2csc(NC(=O)COCC(F)(F)F)n2)c[nH]1. The molecule has 0 aliphatic rings. The van der Waals surface area contributed by atoms with Crippen LogP contribution in [0.4, 0.5) is 18.3 Å². The number of nitrogens with zero attached hydrogens (tertiary/aromatic N) is 1. The maximum atomic E-state index is 11.9. The van der Waals surface area contributed by atoms with E-state index in [1.165, 1.54) is 12.3 Å². The molecule has 23 heavy (non-hydrogen) atoms. The number of carbonyl (C=O) groups excluding carboxylic acids is 2. The molecule has 2 aromatic rings. The molecular formula is C12H11F3N4O3S. The van der Waals surface area contributed by atoms with E-state index in [4.69, 9.17) is 5.73 Å². The Bertz CT molecular complexity index is 710. The Hall–Kier alpha value is -2.40. The molecule has 0 aromatic carbocycles. The van der Waals surface area contributed by atoms with E-state index < -0.39 is 31.2 Å². The number of ether oxygens (including phenoxy) is 1. The fraction of sp³-hybridized carbons (Fsp3) is 0.250. The van der Waals surface area contributed by atoms with Gasteiger partial charge in [0.2, 0.25) is 0 Å². The molecular weight excluding hydrogens is 337 g/mol. The number of halogens is 3. The van der Waals surface area contributed by atoms with E-state index in [1.807, 2.05) is 0 Å². The van der Waals surface area contributed by atoms with Gasteiger partial charge < -0.3 is 15.5 Å². The van der Waals surface area contributed by atoms with Gasteiger partial charge in [-0.25, -0.2) is 4.98 Å². The fourth-order valence-electron chi connectivity index (χ4n) is 1.56. The number of amides is 2. The number of thiazole rings is 1. The lowest BCUT2D eigenvalue weighted by Crippen LogP contribution is -2.23. The third-order valence-electron chi connectivity index (χ3n) is 2.49. The first-order chi connectivity index (χ1) is 10.7. The van der Waals surface area contributed by atoms with E-state index in [0.29, 0.717) is 11.3 Å². The number of rotatable bonds is 6. The molecule has 4 N–H and O–H groups in total. The summed E-state index contributed by atoms with van der Waals surface area (Å²) in [5, 5.41) is 4.13. The standard InChI is InChI=1S/C12H11F3N4O3S/c13-12(14,15)5-22-3-9(20)19-11-18-8(4-23-11)6-1-7(10(16)21)17-2-6/h1-2,4,17H,3,5H2,(H2,16,21)(H,18,19,20). The van der Waals surface area contributed by atoms with Gasteiger partial charge in [-0.1, -0.05) is 0 Å². The number of aromatic amines is 1. The summed E-state index contributed by atoms with van der Waals surface area (Å²) >= 11 is 1.08. The van der Waals surface area contributed by atoms with E-state index in [0.717, 1.165) is 11.3 Å². The molecule has 0 bridgehead atoms. The zero-order valence-corrected chi connectivity index (χ0v) is 12.3. The number of aromatic nitrogens is 2. The Balaban J connectivity index is 1.91. The molecule has 0 saturated heterocycles. The molecule has 0 aliphatic heterocycles. The molecule has 2 heterocycles. The number of H-pyrrole nitrogens is 1. The van der Waals surface area contributed by atoms with Crippen LogP contribution in [0.25, 0.3) is 11.3 Å². The van der Waals surface area contributed by atoms with E-state index in [-0.39, 0.29) is 10.8 Å². The van der Waals surface area contributed by atoms with Crippen LogP contribution in [0.15, 0.2) is 17.6 Å². The first kappa shape index (κ1) is 17.0. The van der Waals surface area contributed by atoms with Crippen LogP contribution in [0.3, 0.4) is 0 Å². The van der Waals surface area contributed by atoms with E-state index >= 15 is 0 Å². The van der Waals surface area contributed by atoms with Crippen molar-refractivity contribution in [1.82, 2.24) is 9.97 Å². The summed E-state index contributed by atoms with van der Waals surface area (Å²) in [4.78, 5) is 29.2. The van der Waals surface area contributed by atoms with Crippen molar-refractivity contribution >= 4 is 28.3 Å². The van der Waals surface area contributed by atoms with Gasteiger partial charge in [0.05, 0.1) is 5.69 Å². The van der Waals surface area contributed by atoms with Gasteiger partial charge in [-0.15, -0.1) is 11.3 Å². The molecule has 7 nitrogen and oxygen atoms in total. The fourth-order valence-corrected chi connectivity index (χ4v) is 2.30. The minimum Gasteiger partial charge on any atom is -0.364 e. The molecule has 0 atom stereocenters. The zero-order chi connectivity index (χ0) is 17.0. The summed E-state index contributed by atoms with van der Waals surface area (Å²) in [5.74, 6) is -1.37. The lowest BCUT2D eigenvalue weighted by molar-refractivity contribution is -0.174. The Labute approximate surface area is 131 Å². The molecule has 2 amide bonds. The van der Waals surface area contributed by atoms with Crippen molar-refractivity contribution in [2.75, 3.05) is 18.5 Å². The second kappa shape index (κ2) is 6.79. The van der Waals surface area contributed by atoms with E-state index in [1.54, 1.807) is 5.38 Å². The minimum atomic E-state index is -4.49. The highest BCUT2D eigenvalue weighted by molar-refractivity contribution is 7.14. The Morgan fingerprint density at radius 2 is 2.17 bits per heavy atom. The number of nitrogens with one attached hydrogen (secondary N) is 2. The quantitative estimate of drug-likeness (QED) is 0.739. The summed E-state index contributed by atoms with van der Waals surface area (Å²) in [6.45, 7) is -2.23. The van der Waals surface area contributed by atoms with Gasteiger partial charge in [0, 0.05) is 17.1 Å². The molecule has 0 fully saturated rings. The summed E-state index contributed by atoms with van der Waals surface area (Å²) in [5.41, 5.74) is 6.39. The number of primary amides is 1. The molecule has 0 unspecified atom stereocenters. The second-order valence-corrected chi connectivity index (χ2v) is 5.22. The van der Waals surface area contributed by atoms with Crippen LogP contribution < -0.4 is 11.1 Å². The Morgan fingerprint density at radius 3 is 2.78 bits per heavy atom. The summed E-state index contributed by atoms with van der Waals surface area (Å²) < 4.78 is 39.9. The molecule has 0 spiro atoms.